The predicted octanol–water partition coefficient (Wildman–Crippen LogP) is 3.37. The molecular formula is C13H10N2OS. The highest BCUT2D eigenvalue weighted by Crippen LogP contribution is 2.31. The number of rotatable bonds is 2. The van der Waals surface area contributed by atoms with Crippen molar-refractivity contribution >= 4 is 22.8 Å². The second-order valence-corrected chi connectivity index (χ2v) is 4.20. The molecular weight excluding hydrogens is 232 g/mol. The van der Waals surface area contributed by atoms with Crippen LogP contribution < -0.4 is 4.74 Å². The number of para-hydroxylation sites is 1. The van der Waals surface area contributed by atoms with E-state index >= 15 is 0 Å². The number of ether oxygens (including phenoxy) is 1. The summed E-state index contributed by atoms with van der Waals surface area (Å²) in [7, 11) is 1.68. The Morgan fingerprint density at radius 3 is 2.71 bits per heavy atom. The van der Waals surface area contributed by atoms with Crippen LogP contribution in [0.1, 0.15) is 0 Å². The van der Waals surface area contributed by atoms with Crippen molar-refractivity contribution in [2.75, 3.05) is 7.11 Å². The summed E-state index contributed by atoms with van der Waals surface area (Å²) in [6, 6.07) is 14.0. The van der Waals surface area contributed by atoms with Crippen LogP contribution in [0.25, 0.3) is 22.2 Å². The second kappa shape index (κ2) is 4.14. The highest BCUT2D eigenvalue weighted by atomic mass is 32.1. The quantitative estimate of drug-likeness (QED) is 0.691. The Morgan fingerprint density at radius 1 is 1.00 bits per heavy atom. The third-order valence-electron chi connectivity index (χ3n) is 2.67. The van der Waals surface area contributed by atoms with Crippen LogP contribution in [0.2, 0.25) is 0 Å². The molecule has 2 aromatic carbocycles. The van der Waals surface area contributed by atoms with E-state index in [9.17, 15) is 0 Å². The first-order valence-corrected chi connectivity index (χ1v) is 5.97. The normalized spacial score (nSPS) is 10.6. The van der Waals surface area contributed by atoms with Gasteiger partial charge in [-0.3, -0.25) is 0 Å². The van der Waals surface area contributed by atoms with Gasteiger partial charge in [0.25, 0.3) is 0 Å². The maximum atomic E-state index is 5.36. The molecule has 17 heavy (non-hydrogen) atoms. The van der Waals surface area contributed by atoms with Gasteiger partial charge in [0.15, 0.2) is 0 Å². The zero-order valence-corrected chi connectivity index (χ0v) is 10.1. The highest BCUT2D eigenvalue weighted by Gasteiger charge is 2.06. The van der Waals surface area contributed by atoms with Gasteiger partial charge >= 0.3 is 0 Å². The first-order valence-electron chi connectivity index (χ1n) is 5.24. The zero-order valence-electron chi connectivity index (χ0n) is 9.25. The lowest BCUT2D eigenvalue weighted by atomic mass is 10.0. The van der Waals surface area contributed by atoms with Crippen molar-refractivity contribution in [1.82, 2.24) is 8.75 Å². The van der Waals surface area contributed by atoms with Crippen LogP contribution in [0.15, 0.2) is 42.5 Å². The molecule has 4 heteroatoms. The van der Waals surface area contributed by atoms with Crippen molar-refractivity contribution in [3.05, 3.63) is 42.5 Å². The van der Waals surface area contributed by atoms with Gasteiger partial charge in [0, 0.05) is 5.56 Å². The van der Waals surface area contributed by atoms with E-state index < -0.39 is 0 Å². The van der Waals surface area contributed by atoms with Gasteiger partial charge in [0.05, 0.1) is 18.8 Å². The Balaban J connectivity index is 2.19. The molecule has 3 aromatic rings. The second-order valence-electron chi connectivity index (χ2n) is 3.67. The smallest absolute Gasteiger partial charge is 0.126 e. The van der Waals surface area contributed by atoms with E-state index in [0.717, 1.165) is 27.9 Å². The average Bonchev–Trinajstić information content (AvgIpc) is 2.85. The molecule has 3 rings (SSSR count). The molecule has 3 nitrogen and oxygen atoms in total. The maximum absolute atomic E-state index is 5.36. The minimum absolute atomic E-state index is 0.870. The molecule has 0 atom stereocenters. The number of benzene rings is 2. The van der Waals surface area contributed by atoms with Gasteiger partial charge in [0.1, 0.15) is 16.8 Å². The summed E-state index contributed by atoms with van der Waals surface area (Å²) in [4.78, 5) is 0. The lowest BCUT2D eigenvalue weighted by Gasteiger charge is -2.07. The summed E-state index contributed by atoms with van der Waals surface area (Å²) in [6.07, 6.45) is 0. The Labute approximate surface area is 103 Å². The van der Waals surface area contributed by atoms with Gasteiger partial charge in [0.2, 0.25) is 0 Å². The molecule has 0 radical (unpaired) electrons. The third-order valence-corrected chi connectivity index (χ3v) is 3.23. The van der Waals surface area contributed by atoms with Crippen molar-refractivity contribution in [1.29, 1.82) is 0 Å². The summed E-state index contributed by atoms with van der Waals surface area (Å²) >= 11 is 1.24. The van der Waals surface area contributed by atoms with Gasteiger partial charge in [-0.15, -0.1) is 0 Å². The molecule has 0 spiro atoms. The summed E-state index contributed by atoms with van der Waals surface area (Å²) < 4.78 is 13.8. The Morgan fingerprint density at radius 2 is 1.82 bits per heavy atom. The fourth-order valence-corrected chi connectivity index (χ4v) is 2.35. The van der Waals surface area contributed by atoms with Crippen LogP contribution in [0.5, 0.6) is 5.75 Å². The molecule has 84 valence electrons. The molecule has 0 fully saturated rings. The monoisotopic (exact) mass is 242 g/mol. The van der Waals surface area contributed by atoms with Crippen LogP contribution in [0.4, 0.5) is 0 Å². The van der Waals surface area contributed by atoms with E-state index in [-0.39, 0.29) is 0 Å². The summed E-state index contributed by atoms with van der Waals surface area (Å²) in [5, 5.41) is 0. The Kier molecular flexibility index (Phi) is 2.49. The molecule has 0 aliphatic heterocycles. The molecule has 0 amide bonds. The minimum atomic E-state index is 0.870. The molecule has 0 aliphatic carbocycles. The summed E-state index contributed by atoms with van der Waals surface area (Å²) in [5.74, 6) is 0.870. The van der Waals surface area contributed by atoms with Crippen molar-refractivity contribution in [3.63, 3.8) is 0 Å². The van der Waals surface area contributed by atoms with E-state index in [2.05, 4.69) is 8.75 Å². The fraction of sp³-hybridized carbons (Fsp3) is 0.0769. The standard InChI is InChI=1S/C13H10N2OS/c1-16-13-5-3-2-4-10(13)9-6-7-11-12(8-9)15-17-14-11/h2-8H,1H3. The van der Waals surface area contributed by atoms with Crippen molar-refractivity contribution in [3.8, 4) is 16.9 Å². The lowest BCUT2D eigenvalue weighted by molar-refractivity contribution is 0.416. The zero-order chi connectivity index (χ0) is 11.7. The van der Waals surface area contributed by atoms with Gasteiger partial charge in [-0.2, -0.15) is 8.75 Å². The Hall–Kier alpha value is -1.94. The number of aromatic nitrogens is 2. The fourth-order valence-electron chi connectivity index (χ4n) is 1.83. The number of methoxy groups -OCH3 is 1. The maximum Gasteiger partial charge on any atom is 0.126 e. The van der Waals surface area contributed by atoms with Crippen LogP contribution in [-0.2, 0) is 0 Å². The molecule has 0 saturated heterocycles. The van der Waals surface area contributed by atoms with Crippen molar-refractivity contribution in [2.24, 2.45) is 0 Å². The van der Waals surface area contributed by atoms with Gasteiger partial charge < -0.3 is 4.74 Å². The molecule has 0 aliphatic rings. The van der Waals surface area contributed by atoms with Crippen LogP contribution in [-0.4, -0.2) is 15.9 Å². The molecule has 1 aromatic heterocycles. The van der Waals surface area contributed by atoms with E-state index in [1.165, 1.54) is 11.7 Å². The minimum Gasteiger partial charge on any atom is -0.496 e. The third kappa shape index (κ3) is 1.76. The number of fused-ring (bicyclic) bond motifs is 1. The largest absolute Gasteiger partial charge is 0.496 e. The highest BCUT2D eigenvalue weighted by molar-refractivity contribution is 7.00. The van der Waals surface area contributed by atoms with Crippen LogP contribution in [0, 0.1) is 0 Å². The average molecular weight is 242 g/mol. The summed E-state index contributed by atoms with van der Waals surface area (Å²) in [5.41, 5.74) is 4.04. The van der Waals surface area contributed by atoms with Gasteiger partial charge in [-0.25, -0.2) is 0 Å². The van der Waals surface area contributed by atoms with Crippen molar-refractivity contribution < 1.29 is 4.74 Å². The predicted molar refractivity (Wildman–Crippen MR) is 69.4 cm³/mol. The van der Waals surface area contributed by atoms with Gasteiger partial charge in [-0.1, -0.05) is 24.3 Å². The van der Waals surface area contributed by atoms with E-state index in [1.807, 2.05) is 42.5 Å². The van der Waals surface area contributed by atoms with E-state index in [1.54, 1.807) is 7.11 Å². The van der Waals surface area contributed by atoms with Gasteiger partial charge in [-0.05, 0) is 23.8 Å². The van der Waals surface area contributed by atoms with E-state index in [4.69, 9.17) is 4.74 Å². The first-order chi connectivity index (χ1) is 8.38. The number of hydrogen-bond acceptors (Lipinski definition) is 4. The molecule has 0 N–H and O–H groups in total. The summed E-state index contributed by atoms with van der Waals surface area (Å²) in [6.45, 7) is 0. The molecule has 0 saturated carbocycles. The van der Waals surface area contributed by atoms with Crippen molar-refractivity contribution in [2.45, 2.75) is 0 Å². The topological polar surface area (TPSA) is 35.0 Å². The van der Waals surface area contributed by atoms with E-state index in [0.29, 0.717) is 0 Å². The molecule has 0 unspecified atom stereocenters. The Bertz CT molecular complexity index is 663. The lowest BCUT2D eigenvalue weighted by Crippen LogP contribution is -1.87. The molecule has 1 heterocycles. The van der Waals surface area contributed by atoms with Crippen LogP contribution >= 0.6 is 11.7 Å². The number of nitrogens with zero attached hydrogens (tertiary/aromatic N) is 2. The van der Waals surface area contributed by atoms with Crippen LogP contribution in [0.3, 0.4) is 0 Å². The first kappa shape index (κ1) is 10.2. The molecule has 0 bridgehead atoms. The number of hydrogen-bond donors (Lipinski definition) is 0. The SMILES string of the molecule is COc1ccccc1-c1ccc2nsnc2c1.